The molecular formula is C29H37ClO5. The molecule has 2 aromatic rings. The van der Waals surface area contributed by atoms with Crippen molar-refractivity contribution in [1.29, 1.82) is 0 Å². The van der Waals surface area contributed by atoms with Crippen LogP contribution in [-0.2, 0) is 25.4 Å². The second kappa shape index (κ2) is 11.8. The third-order valence-corrected chi connectivity index (χ3v) is 7.57. The lowest BCUT2D eigenvalue weighted by Crippen LogP contribution is -2.46. The largest absolute Gasteiger partial charge is 0.491 e. The van der Waals surface area contributed by atoms with E-state index in [1.54, 1.807) is 0 Å². The zero-order valence-electron chi connectivity index (χ0n) is 21.2. The summed E-state index contributed by atoms with van der Waals surface area (Å²) in [4.78, 5) is 11.9. The second-order valence-corrected chi connectivity index (χ2v) is 10.3. The Labute approximate surface area is 214 Å². The van der Waals surface area contributed by atoms with Gasteiger partial charge in [0.2, 0.25) is 0 Å². The number of hydrogen-bond acceptors (Lipinski definition) is 5. The number of carbonyl (C=O) groups excluding carboxylic acids is 1. The molecule has 5 nitrogen and oxygen atoms in total. The van der Waals surface area contributed by atoms with E-state index < -0.39 is 0 Å². The quantitative estimate of drug-likeness (QED) is 0.274. The van der Waals surface area contributed by atoms with Gasteiger partial charge in [-0.05, 0) is 66.5 Å². The van der Waals surface area contributed by atoms with E-state index in [1.807, 2.05) is 24.3 Å². The molecule has 2 aliphatic rings. The predicted octanol–water partition coefficient (Wildman–Crippen LogP) is 6.54. The highest BCUT2D eigenvalue weighted by Gasteiger charge is 2.43. The zero-order valence-corrected chi connectivity index (χ0v) is 21.9. The van der Waals surface area contributed by atoms with Crippen LogP contribution in [-0.4, -0.2) is 37.5 Å². The molecule has 0 amide bonds. The summed E-state index contributed by atoms with van der Waals surface area (Å²) in [6.45, 7) is 9.10. The molecule has 0 aromatic heterocycles. The highest BCUT2D eigenvalue weighted by Crippen LogP contribution is 2.42. The van der Waals surface area contributed by atoms with Gasteiger partial charge in [-0.3, -0.25) is 4.79 Å². The van der Waals surface area contributed by atoms with Gasteiger partial charge in [-0.15, -0.1) is 0 Å². The minimum Gasteiger partial charge on any atom is -0.491 e. The molecule has 2 fully saturated rings. The van der Waals surface area contributed by atoms with Crippen molar-refractivity contribution in [3.8, 4) is 5.75 Å². The molecule has 1 saturated carbocycles. The van der Waals surface area contributed by atoms with Crippen LogP contribution >= 0.6 is 11.6 Å². The second-order valence-electron chi connectivity index (χ2n) is 9.89. The lowest BCUT2D eigenvalue weighted by molar-refractivity contribution is -0.196. The molecule has 0 N–H and O–H groups in total. The summed E-state index contributed by atoms with van der Waals surface area (Å²) in [6.07, 6.45) is 3.86. The van der Waals surface area contributed by atoms with Crippen LogP contribution in [0.2, 0.25) is 5.02 Å². The van der Waals surface area contributed by atoms with Crippen molar-refractivity contribution < 1.29 is 23.7 Å². The Hall–Kier alpha value is -2.08. The number of esters is 1. The van der Waals surface area contributed by atoms with Gasteiger partial charge in [0.15, 0.2) is 0 Å². The van der Waals surface area contributed by atoms with Gasteiger partial charge in [0.05, 0.1) is 18.8 Å². The maximum Gasteiger partial charge on any atom is 0.303 e. The molecule has 35 heavy (non-hydrogen) atoms. The van der Waals surface area contributed by atoms with E-state index in [2.05, 4.69) is 39.0 Å². The number of carbonyl (C=O) groups is 1. The molecule has 0 spiro atoms. The van der Waals surface area contributed by atoms with Crippen LogP contribution in [0.5, 0.6) is 5.75 Å². The Morgan fingerprint density at radius 1 is 1.06 bits per heavy atom. The summed E-state index contributed by atoms with van der Waals surface area (Å²) < 4.78 is 23.7. The molecule has 190 valence electrons. The summed E-state index contributed by atoms with van der Waals surface area (Å²) in [6, 6.07) is 14.1. The van der Waals surface area contributed by atoms with Crippen LogP contribution in [0.1, 0.15) is 69.8 Å². The van der Waals surface area contributed by atoms with Gasteiger partial charge in [-0.2, -0.15) is 0 Å². The minimum atomic E-state index is -0.334. The van der Waals surface area contributed by atoms with Crippen LogP contribution in [0.25, 0.3) is 0 Å². The van der Waals surface area contributed by atoms with Gasteiger partial charge in [0.25, 0.3) is 0 Å². The molecule has 1 heterocycles. The minimum absolute atomic E-state index is 0.114. The van der Waals surface area contributed by atoms with E-state index in [0.29, 0.717) is 36.7 Å². The molecule has 5 atom stereocenters. The monoisotopic (exact) mass is 500 g/mol. The number of benzene rings is 2. The standard InChI is InChI=1S/C29H37ClO5/c1-5-27-18(2)19(3)28(34-20(4)31)29(35-27)22-8-13-26(30)23(17-22)16-21-6-9-24(10-7-21)32-14-15-33-25-11-12-25/h6-10,13,17-19,25,27-29H,5,11-12,14-16H2,1-4H3/t18-,19-,27+,28+,29?/m0/s1. The van der Waals surface area contributed by atoms with Crippen molar-refractivity contribution in [2.45, 2.75) is 77.8 Å². The van der Waals surface area contributed by atoms with Crippen LogP contribution in [0.3, 0.4) is 0 Å². The topological polar surface area (TPSA) is 54.0 Å². The lowest BCUT2D eigenvalue weighted by Gasteiger charge is -2.44. The van der Waals surface area contributed by atoms with Crippen molar-refractivity contribution in [1.82, 2.24) is 0 Å². The molecule has 1 aliphatic heterocycles. The smallest absolute Gasteiger partial charge is 0.303 e. The first kappa shape index (κ1) is 26.0. The van der Waals surface area contributed by atoms with E-state index in [0.717, 1.165) is 28.9 Å². The van der Waals surface area contributed by atoms with Crippen molar-refractivity contribution in [2.75, 3.05) is 13.2 Å². The summed E-state index contributed by atoms with van der Waals surface area (Å²) in [5.41, 5.74) is 3.14. The molecule has 1 unspecified atom stereocenters. The van der Waals surface area contributed by atoms with Gasteiger partial charge < -0.3 is 18.9 Å². The molecule has 1 aliphatic carbocycles. The summed E-state index contributed by atoms with van der Waals surface area (Å²) in [5.74, 6) is 1.03. The van der Waals surface area contributed by atoms with E-state index in [4.69, 9.17) is 30.5 Å². The molecule has 4 rings (SSSR count). The summed E-state index contributed by atoms with van der Waals surface area (Å²) >= 11 is 6.60. The van der Waals surface area contributed by atoms with Crippen LogP contribution < -0.4 is 4.74 Å². The molecular weight excluding hydrogens is 464 g/mol. The van der Waals surface area contributed by atoms with Crippen LogP contribution in [0, 0.1) is 11.8 Å². The summed E-state index contributed by atoms with van der Waals surface area (Å²) in [7, 11) is 0. The van der Waals surface area contributed by atoms with E-state index >= 15 is 0 Å². The van der Waals surface area contributed by atoms with Crippen LogP contribution in [0.4, 0.5) is 0 Å². The van der Waals surface area contributed by atoms with E-state index in [1.165, 1.54) is 19.8 Å². The van der Waals surface area contributed by atoms with Crippen molar-refractivity contribution >= 4 is 17.6 Å². The fourth-order valence-electron chi connectivity index (χ4n) is 4.84. The van der Waals surface area contributed by atoms with Gasteiger partial charge in [0.1, 0.15) is 24.6 Å². The maximum atomic E-state index is 11.9. The van der Waals surface area contributed by atoms with Gasteiger partial charge in [0, 0.05) is 17.9 Å². The summed E-state index contributed by atoms with van der Waals surface area (Å²) in [5, 5.41) is 0.708. The number of hydrogen-bond donors (Lipinski definition) is 0. The highest BCUT2D eigenvalue weighted by molar-refractivity contribution is 6.31. The average Bonchev–Trinajstić information content (AvgIpc) is 3.67. The van der Waals surface area contributed by atoms with Crippen LogP contribution in [0.15, 0.2) is 42.5 Å². The normalized spacial score (nSPS) is 26.4. The molecule has 2 aromatic carbocycles. The Morgan fingerprint density at radius 2 is 1.80 bits per heavy atom. The van der Waals surface area contributed by atoms with E-state index in [-0.39, 0.29) is 30.2 Å². The molecule has 0 radical (unpaired) electrons. The Morgan fingerprint density at radius 3 is 2.46 bits per heavy atom. The molecule has 1 saturated heterocycles. The fourth-order valence-corrected chi connectivity index (χ4v) is 5.02. The fraction of sp³-hybridized carbons (Fsp3) is 0.552. The van der Waals surface area contributed by atoms with Crippen molar-refractivity contribution in [3.05, 3.63) is 64.2 Å². The van der Waals surface area contributed by atoms with Gasteiger partial charge in [-0.1, -0.05) is 56.6 Å². The highest BCUT2D eigenvalue weighted by atomic mass is 35.5. The average molecular weight is 501 g/mol. The Kier molecular flexibility index (Phi) is 8.74. The first-order valence-corrected chi connectivity index (χ1v) is 13.2. The first-order valence-electron chi connectivity index (χ1n) is 12.8. The first-order chi connectivity index (χ1) is 16.9. The maximum absolute atomic E-state index is 11.9. The Bertz CT molecular complexity index is 987. The SMILES string of the molecule is CC[C@H]1OC(c2ccc(Cl)c(Cc3ccc(OCCOC4CC4)cc3)c2)[C@H](OC(C)=O)[C@@H](C)[C@@H]1C. The van der Waals surface area contributed by atoms with Crippen molar-refractivity contribution in [3.63, 3.8) is 0 Å². The van der Waals surface area contributed by atoms with Gasteiger partial charge in [-0.25, -0.2) is 0 Å². The van der Waals surface area contributed by atoms with Crippen molar-refractivity contribution in [2.24, 2.45) is 11.8 Å². The predicted molar refractivity (Wildman–Crippen MR) is 137 cm³/mol. The number of rotatable bonds is 10. The Balaban J connectivity index is 1.46. The zero-order chi connectivity index (χ0) is 24.9. The third-order valence-electron chi connectivity index (χ3n) is 7.20. The van der Waals surface area contributed by atoms with Gasteiger partial charge >= 0.3 is 5.97 Å². The van der Waals surface area contributed by atoms with E-state index in [9.17, 15) is 4.79 Å². The number of halogens is 1. The molecule has 6 heteroatoms. The lowest BCUT2D eigenvalue weighted by atomic mass is 9.78. The third kappa shape index (κ3) is 6.78. The molecule has 0 bridgehead atoms. The number of ether oxygens (including phenoxy) is 4.